The molecule has 2 aromatic rings. The summed E-state index contributed by atoms with van der Waals surface area (Å²) < 4.78 is 13.0. The number of hydrogen-bond acceptors (Lipinski definition) is 1. The van der Waals surface area contributed by atoms with Gasteiger partial charge in [-0.25, -0.2) is 4.39 Å². The summed E-state index contributed by atoms with van der Waals surface area (Å²) in [4.78, 5) is 2.25. The summed E-state index contributed by atoms with van der Waals surface area (Å²) >= 11 is 0. The third-order valence-electron chi connectivity index (χ3n) is 4.22. The van der Waals surface area contributed by atoms with Gasteiger partial charge in [0, 0.05) is 24.8 Å². The van der Waals surface area contributed by atoms with Crippen molar-refractivity contribution >= 4 is 11.3 Å². The van der Waals surface area contributed by atoms with E-state index in [1.807, 2.05) is 12.1 Å². The molecule has 1 nitrogen and oxygen atoms in total. The van der Waals surface area contributed by atoms with Crippen LogP contribution in [0.15, 0.2) is 54.1 Å². The predicted molar refractivity (Wildman–Crippen MR) is 93.8 cm³/mol. The van der Waals surface area contributed by atoms with Crippen LogP contribution < -0.4 is 4.90 Å². The smallest absolute Gasteiger partial charge is 0.123 e. The van der Waals surface area contributed by atoms with Crippen LogP contribution in [0.4, 0.5) is 10.1 Å². The van der Waals surface area contributed by atoms with Crippen molar-refractivity contribution < 1.29 is 4.39 Å². The van der Waals surface area contributed by atoms with Crippen LogP contribution in [-0.2, 0) is 6.42 Å². The first-order chi connectivity index (χ1) is 10.5. The molecule has 0 radical (unpaired) electrons. The highest BCUT2D eigenvalue weighted by Crippen LogP contribution is 2.29. The van der Waals surface area contributed by atoms with E-state index in [0.717, 1.165) is 18.5 Å². The average molecular weight is 297 g/mol. The lowest BCUT2D eigenvalue weighted by Crippen LogP contribution is -2.17. The summed E-state index contributed by atoms with van der Waals surface area (Å²) in [5, 5.41) is 0. The van der Waals surface area contributed by atoms with Gasteiger partial charge in [-0.2, -0.15) is 0 Å². The van der Waals surface area contributed by atoms with Crippen LogP contribution in [0, 0.1) is 5.82 Å². The van der Waals surface area contributed by atoms with Crippen LogP contribution >= 0.6 is 0 Å². The number of nitrogens with zero attached hydrogens (tertiary/aromatic N) is 1. The Kier molecular flexibility index (Phi) is 5.37. The van der Waals surface area contributed by atoms with E-state index in [-0.39, 0.29) is 5.82 Å². The number of benzene rings is 2. The largest absolute Gasteiger partial charge is 0.374 e. The predicted octanol–water partition coefficient (Wildman–Crippen LogP) is 5.32. The maximum atomic E-state index is 13.0. The fraction of sp³-hybridized carbons (Fsp3) is 0.300. The van der Waals surface area contributed by atoms with Gasteiger partial charge in [0.25, 0.3) is 0 Å². The molecule has 0 aliphatic heterocycles. The van der Waals surface area contributed by atoms with Crippen molar-refractivity contribution in [3.8, 4) is 0 Å². The fourth-order valence-electron chi connectivity index (χ4n) is 2.56. The Bertz CT molecular complexity index is 656. The van der Waals surface area contributed by atoms with Gasteiger partial charge in [-0.3, -0.25) is 0 Å². The Morgan fingerprint density at radius 2 is 1.64 bits per heavy atom. The first-order valence-corrected chi connectivity index (χ1v) is 7.74. The number of rotatable bonds is 5. The molecule has 0 fully saturated rings. The van der Waals surface area contributed by atoms with E-state index in [1.165, 1.54) is 34.5 Å². The van der Waals surface area contributed by atoms with Gasteiger partial charge in [0.2, 0.25) is 0 Å². The number of anilines is 1. The number of allylic oxidation sites excluding steroid dienone is 2. The van der Waals surface area contributed by atoms with Crippen molar-refractivity contribution in [1.82, 2.24) is 0 Å². The molecular formula is C20H24FN. The molecule has 0 aliphatic carbocycles. The van der Waals surface area contributed by atoms with E-state index in [2.05, 4.69) is 57.0 Å². The van der Waals surface area contributed by atoms with E-state index in [1.54, 1.807) is 0 Å². The molecule has 22 heavy (non-hydrogen) atoms. The van der Waals surface area contributed by atoms with E-state index in [9.17, 15) is 4.39 Å². The third kappa shape index (κ3) is 3.76. The Hall–Kier alpha value is -2.09. The van der Waals surface area contributed by atoms with Gasteiger partial charge < -0.3 is 4.90 Å². The first-order valence-electron chi connectivity index (χ1n) is 7.74. The molecule has 0 saturated carbocycles. The summed E-state index contributed by atoms with van der Waals surface area (Å²) in [6, 6.07) is 15.3. The zero-order valence-electron chi connectivity index (χ0n) is 13.9. The molecule has 0 spiro atoms. The normalized spacial score (nSPS) is 12.0. The van der Waals surface area contributed by atoms with Crippen molar-refractivity contribution in [3.05, 3.63) is 71.0 Å². The molecule has 116 valence electrons. The Morgan fingerprint density at radius 3 is 2.27 bits per heavy atom. The third-order valence-corrected chi connectivity index (χ3v) is 4.22. The summed E-state index contributed by atoms with van der Waals surface area (Å²) in [5.41, 5.74) is 6.26. The molecule has 0 aliphatic rings. The quantitative estimate of drug-likeness (QED) is 0.722. The van der Waals surface area contributed by atoms with Crippen LogP contribution in [0.25, 0.3) is 5.57 Å². The van der Waals surface area contributed by atoms with Gasteiger partial charge in [-0.15, -0.1) is 0 Å². The molecule has 0 saturated heterocycles. The zero-order valence-corrected chi connectivity index (χ0v) is 13.9. The molecule has 0 amide bonds. The maximum Gasteiger partial charge on any atom is 0.123 e. The van der Waals surface area contributed by atoms with Crippen molar-refractivity contribution in [2.75, 3.05) is 18.5 Å². The van der Waals surface area contributed by atoms with Crippen LogP contribution in [-0.4, -0.2) is 13.6 Å². The summed E-state index contributed by atoms with van der Waals surface area (Å²) in [6.07, 6.45) is 0.844. The zero-order chi connectivity index (χ0) is 16.1. The van der Waals surface area contributed by atoms with Gasteiger partial charge >= 0.3 is 0 Å². The Labute approximate surface area is 133 Å². The van der Waals surface area contributed by atoms with Gasteiger partial charge in [0.05, 0.1) is 0 Å². The second kappa shape index (κ2) is 7.26. The lowest BCUT2D eigenvalue weighted by atomic mass is 9.96. The van der Waals surface area contributed by atoms with E-state index < -0.39 is 0 Å². The second-order valence-electron chi connectivity index (χ2n) is 5.74. The summed E-state index contributed by atoms with van der Waals surface area (Å²) in [6.45, 7) is 7.45. The standard InChI is InChI=1S/C20H24FN/c1-5-22(4)20-9-7-6-8-19(20)16(3)15(2)14-17-10-12-18(21)13-11-17/h6-13H,5,14H2,1-4H3/b16-15+. The molecule has 0 unspecified atom stereocenters. The van der Waals surface area contributed by atoms with Crippen LogP contribution in [0.3, 0.4) is 0 Å². The minimum atomic E-state index is -0.183. The van der Waals surface area contributed by atoms with Crippen LogP contribution in [0.2, 0.25) is 0 Å². The number of para-hydroxylation sites is 1. The monoisotopic (exact) mass is 297 g/mol. The molecular weight excluding hydrogens is 273 g/mol. The Balaban J connectivity index is 2.32. The van der Waals surface area contributed by atoms with Crippen molar-refractivity contribution in [2.24, 2.45) is 0 Å². The van der Waals surface area contributed by atoms with E-state index in [4.69, 9.17) is 0 Å². The van der Waals surface area contributed by atoms with Gasteiger partial charge in [0.15, 0.2) is 0 Å². The highest BCUT2D eigenvalue weighted by molar-refractivity contribution is 5.77. The molecule has 2 rings (SSSR count). The molecule has 2 heteroatoms. The Morgan fingerprint density at radius 1 is 1.00 bits per heavy atom. The first kappa shape index (κ1) is 16.3. The molecule has 0 bridgehead atoms. The van der Waals surface area contributed by atoms with E-state index in [0.29, 0.717) is 0 Å². The van der Waals surface area contributed by atoms with Gasteiger partial charge in [-0.1, -0.05) is 35.9 Å². The average Bonchev–Trinajstić information content (AvgIpc) is 2.55. The number of hydrogen-bond donors (Lipinski definition) is 0. The highest BCUT2D eigenvalue weighted by Gasteiger charge is 2.09. The topological polar surface area (TPSA) is 3.24 Å². The van der Waals surface area contributed by atoms with Gasteiger partial charge in [0.1, 0.15) is 5.82 Å². The molecule has 0 N–H and O–H groups in total. The van der Waals surface area contributed by atoms with Crippen molar-refractivity contribution in [1.29, 1.82) is 0 Å². The molecule has 2 aromatic carbocycles. The fourth-order valence-corrected chi connectivity index (χ4v) is 2.56. The summed E-state index contributed by atoms with van der Waals surface area (Å²) in [7, 11) is 2.11. The van der Waals surface area contributed by atoms with Crippen LogP contribution in [0.1, 0.15) is 31.9 Å². The highest BCUT2D eigenvalue weighted by atomic mass is 19.1. The molecule has 0 aromatic heterocycles. The van der Waals surface area contributed by atoms with Crippen molar-refractivity contribution in [2.45, 2.75) is 27.2 Å². The van der Waals surface area contributed by atoms with Crippen LogP contribution in [0.5, 0.6) is 0 Å². The van der Waals surface area contributed by atoms with Gasteiger partial charge in [-0.05, 0) is 56.5 Å². The maximum absolute atomic E-state index is 13.0. The molecule has 0 heterocycles. The van der Waals surface area contributed by atoms with Crippen molar-refractivity contribution in [3.63, 3.8) is 0 Å². The lowest BCUT2D eigenvalue weighted by molar-refractivity contribution is 0.627. The van der Waals surface area contributed by atoms with E-state index >= 15 is 0 Å². The molecule has 0 atom stereocenters. The SMILES string of the molecule is CCN(C)c1ccccc1/C(C)=C(\C)Cc1ccc(F)cc1. The summed E-state index contributed by atoms with van der Waals surface area (Å²) in [5.74, 6) is -0.183. The minimum absolute atomic E-state index is 0.183. The lowest BCUT2D eigenvalue weighted by Gasteiger charge is -2.22. The second-order valence-corrected chi connectivity index (χ2v) is 5.74. The minimum Gasteiger partial charge on any atom is -0.374 e. The number of halogens is 1.